The molecule has 0 spiro atoms. The van der Waals surface area contributed by atoms with Gasteiger partial charge in [-0.25, -0.2) is 4.39 Å². The molecule has 0 heterocycles. The van der Waals surface area contributed by atoms with Crippen molar-refractivity contribution in [2.45, 2.75) is 25.9 Å². The van der Waals surface area contributed by atoms with Crippen LogP contribution in [0.4, 0.5) is 4.39 Å². The lowest BCUT2D eigenvalue weighted by molar-refractivity contribution is 0.0761. The molecule has 2 heteroatoms. The zero-order valence-electron chi connectivity index (χ0n) is 10.7. The Morgan fingerprint density at radius 2 is 1.67 bits per heavy atom. The Morgan fingerprint density at radius 3 is 2.22 bits per heavy atom. The summed E-state index contributed by atoms with van der Waals surface area (Å²) in [6.07, 6.45) is 0.500. The molecule has 0 aromatic heterocycles. The van der Waals surface area contributed by atoms with Gasteiger partial charge < -0.3 is 5.11 Å². The standard InChI is InChI=1S/C16H17FO/c1-3-16(18,13-7-4-6-12(2)10-13)14-8-5-9-15(17)11-14/h4-11,18H,3H2,1-2H3. The fraction of sp³-hybridized carbons (Fsp3) is 0.250. The predicted molar refractivity (Wildman–Crippen MR) is 70.9 cm³/mol. The Hall–Kier alpha value is -1.67. The topological polar surface area (TPSA) is 20.2 Å². The summed E-state index contributed by atoms with van der Waals surface area (Å²) in [5.74, 6) is -0.327. The number of halogens is 1. The molecule has 0 aliphatic heterocycles. The van der Waals surface area contributed by atoms with Crippen LogP contribution in [0.3, 0.4) is 0 Å². The summed E-state index contributed by atoms with van der Waals surface area (Å²) < 4.78 is 13.3. The van der Waals surface area contributed by atoms with Gasteiger partial charge in [-0.2, -0.15) is 0 Å². The van der Waals surface area contributed by atoms with Gasteiger partial charge in [-0.05, 0) is 36.6 Å². The number of rotatable bonds is 3. The van der Waals surface area contributed by atoms with Crippen LogP contribution in [0.1, 0.15) is 30.0 Å². The molecule has 18 heavy (non-hydrogen) atoms. The molecule has 0 aliphatic rings. The summed E-state index contributed by atoms with van der Waals surface area (Å²) >= 11 is 0. The molecule has 2 aromatic rings. The molecular formula is C16H17FO. The van der Waals surface area contributed by atoms with E-state index in [1.807, 2.05) is 38.1 Å². The molecule has 0 radical (unpaired) electrons. The zero-order valence-corrected chi connectivity index (χ0v) is 10.7. The van der Waals surface area contributed by atoms with E-state index in [0.717, 1.165) is 11.1 Å². The quantitative estimate of drug-likeness (QED) is 0.871. The lowest BCUT2D eigenvalue weighted by Crippen LogP contribution is -2.26. The van der Waals surface area contributed by atoms with Crippen molar-refractivity contribution in [1.82, 2.24) is 0 Å². The Labute approximate surface area is 107 Å². The predicted octanol–water partition coefficient (Wildman–Crippen LogP) is 3.78. The molecule has 0 bridgehead atoms. The summed E-state index contributed by atoms with van der Waals surface area (Å²) in [7, 11) is 0. The zero-order chi connectivity index (χ0) is 13.2. The van der Waals surface area contributed by atoms with Gasteiger partial charge in [0.05, 0.1) is 0 Å². The first-order valence-electron chi connectivity index (χ1n) is 6.12. The Morgan fingerprint density at radius 1 is 1.06 bits per heavy atom. The third kappa shape index (κ3) is 2.29. The second-order valence-corrected chi connectivity index (χ2v) is 4.59. The number of benzene rings is 2. The first-order chi connectivity index (χ1) is 8.56. The van der Waals surface area contributed by atoms with Crippen molar-refractivity contribution in [1.29, 1.82) is 0 Å². The summed E-state index contributed by atoms with van der Waals surface area (Å²) in [5.41, 5.74) is 1.34. The average molecular weight is 244 g/mol. The Bertz CT molecular complexity index is 503. The fourth-order valence-electron chi connectivity index (χ4n) is 2.22. The van der Waals surface area contributed by atoms with E-state index in [1.165, 1.54) is 12.1 Å². The highest BCUT2D eigenvalue weighted by atomic mass is 19.1. The van der Waals surface area contributed by atoms with Crippen molar-refractivity contribution in [2.75, 3.05) is 0 Å². The maximum absolute atomic E-state index is 13.3. The molecule has 0 amide bonds. The molecule has 0 saturated heterocycles. The van der Waals surface area contributed by atoms with Crippen LogP contribution in [0.5, 0.6) is 0 Å². The van der Waals surface area contributed by atoms with Crippen LogP contribution in [0, 0.1) is 12.7 Å². The fourth-order valence-corrected chi connectivity index (χ4v) is 2.22. The normalized spacial score (nSPS) is 14.2. The Balaban J connectivity index is 2.54. The smallest absolute Gasteiger partial charge is 0.123 e. The van der Waals surface area contributed by atoms with Gasteiger partial charge in [0.2, 0.25) is 0 Å². The average Bonchev–Trinajstić information content (AvgIpc) is 2.38. The molecule has 1 nitrogen and oxygen atoms in total. The number of aliphatic hydroxyl groups is 1. The van der Waals surface area contributed by atoms with Crippen LogP contribution in [-0.4, -0.2) is 5.11 Å². The van der Waals surface area contributed by atoms with Crippen LogP contribution in [0.25, 0.3) is 0 Å². The Kier molecular flexibility index (Phi) is 3.48. The van der Waals surface area contributed by atoms with E-state index in [1.54, 1.807) is 12.1 Å². The first kappa shape index (κ1) is 12.8. The molecule has 0 aliphatic carbocycles. The molecule has 2 rings (SSSR count). The van der Waals surface area contributed by atoms with Crippen molar-refractivity contribution < 1.29 is 9.50 Å². The molecule has 0 saturated carbocycles. The molecule has 1 N–H and O–H groups in total. The van der Waals surface area contributed by atoms with Crippen molar-refractivity contribution in [2.24, 2.45) is 0 Å². The van der Waals surface area contributed by atoms with E-state index in [4.69, 9.17) is 0 Å². The van der Waals surface area contributed by atoms with Crippen molar-refractivity contribution in [3.05, 3.63) is 71.0 Å². The van der Waals surface area contributed by atoms with E-state index in [0.29, 0.717) is 12.0 Å². The largest absolute Gasteiger partial charge is 0.380 e. The van der Waals surface area contributed by atoms with E-state index in [2.05, 4.69) is 0 Å². The summed E-state index contributed by atoms with van der Waals surface area (Å²) in [4.78, 5) is 0. The van der Waals surface area contributed by atoms with Gasteiger partial charge in [-0.3, -0.25) is 0 Å². The maximum atomic E-state index is 13.3. The number of hydrogen-bond acceptors (Lipinski definition) is 1. The van der Waals surface area contributed by atoms with E-state index in [-0.39, 0.29) is 5.82 Å². The molecule has 2 aromatic carbocycles. The summed E-state index contributed by atoms with van der Waals surface area (Å²) in [5, 5.41) is 10.8. The van der Waals surface area contributed by atoms with Crippen LogP contribution >= 0.6 is 0 Å². The second kappa shape index (κ2) is 4.91. The first-order valence-corrected chi connectivity index (χ1v) is 6.12. The lowest BCUT2D eigenvalue weighted by atomic mass is 9.83. The van der Waals surface area contributed by atoms with E-state index >= 15 is 0 Å². The molecular weight excluding hydrogens is 227 g/mol. The maximum Gasteiger partial charge on any atom is 0.123 e. The van der Waals surface area contributed by atoms with Gasteiger partial charge in [-0.1, -0.05) is 48.9 Å². The van der Waals surface area contributed by atoms with Crippen LogP contribution < -0.4 is 0 Å². The highest BCUT2D eigenvalue weighted by molar-refractivity contribution is 5.37. The van der Waals surface area contributed by atoms with Crippen molar-refractivity contribution in [3.8, 4) is 0 Å². The monoisotopic (exact) mass is 244 g/mol. The third-order valence-electron chi connectivity index (χ3n) is 3.31. The van der Waals surface area contributed by atoms with Crippen LogP contribution in [-0.2, 0) is 5.60 Å². The molecule has 1 unspecified atom stereocenters. The van der Waals surface area contributed by atoms with Crippen LogP contribution in [0.15, 0.2) is 48.5 Å². The van der Waals surface area contributed by atoms with E-state index < -0.39 is 5.60 Å². The van der Waals surface area contributed by atoms with Gasteiger partial charge >= 0.3 is 0 Å². The minimum absolute atomic E-state index is 0.327. The molecule has 0 fully saturated rings. The molecule has 94 valence electrons. The summed E-state index contributed by atoms with van der Waals surface area (Å²) in [6, 6.07) is 13.9. The SMILES string of the molecule is CCC(O)(c1cccc(C)c1)c1cccc(F)c1. The van der Waals surface area contributed by atoms with Gasteiger partial charge in [-0.15, -0.1) is 0 Å². The molecule has 1 atom stereocenters. The second-order valence-electron chi connectivity index (χ2n) is 4.59. The van der Waals surface area contributed by atoms with Crippen LogP contribution in [0.2, 0.25) is 0 Å². The summed E-state index contributed by atoms with van der Waals surface area (Å²) in [6.45, 7) is 3.87. The van der Waals surface area contributed by atoms with Gasteiger partial charge in [0.15, 0.2) is 0 Å². The minimum atomic E-state index is -1.13. The van der Waals surface area contributed by atoms with Gasteiger partial charge in [0.1, 0.15) is 11.4 Å². The highest BCUT2D eigenvalue weighted by Gasteiger charge is 2.29. The van der Waals surface area contributed by atoms with E-state index in [9.17, 15) is 9.50 Å². The van der Waals surface area contributed by atoms with Gasteiger partial charge in [0.25, 0.3) is 0 Å². The third-order valence-corrected chi connectivity index (χ3v) is 3.31. The number of hydrogen-bond donors (Lipinski definition) is 1. The highest BCUT2D eigenvalue weighted by Crippen LogP contribution is 2.33. The minimum Gasteiger partial charge on any atom is -0.380 e. The van der Waals surface area contributed by atoms with Crippen molar-refractivity contribution in [3.63, 3.8) is 0 Å². The lowest BCUT2D eigenvalue weighted by Gasteiger charge is -2.28. The number of aryl methyl sites for hydroxylation is 1. The van der Waals surface area contributed by atoms with Gasteiger partial charge in [0, 0.05) is 0 Å². The van der Waals surface area contributed by atoms with Crippen molar-refractivity contribution >= 4 is 0 Å².